The van der Waals surface area contributed by atoms with Crippen molar-refractivity contribution in [2.45, 2.75) is 25.8 Å². The van der Waals surface area contributed by atoms with E-state index in [1.165, 1.54) is 4.90 Å². The number of carbonyl (C=O) groups is 2. The van der Waals surface area contributed by atoms with Gasteiger partial charge in [0.15, 0.2) is 0 Å². The summed E-state index contributed by atoms with van der Waals surface area (Å²) < 4.78 is 5.13. The normalized spacial score (nSPS) is 18.7. The fourth-order valence-corrected chi connectivity index (χ4v) is 3.23. The minimum Gasteiger partial charge on any atom is -0.507 e. The summed E-state index contributed by atoms with van der Waals surface area (Å²) in [7, 11) is 1.55. The lowest BCUT2D eigenvalue weighted by atomic mass is 9.96. The number of carbonyl (C=O) groups excluding carboxylic acids is 2. The van der Waals surface area contributed by atoms with Crippen LogP contribution in [-0.2, 0) is 9.59 Å². The number of amides is 1. The number of pyridine rings is 1. The van der Waals surface area contributed by atoms with E-state index in [-0.39, 0.29) is 11.3 Å². The molecule has 0 saturated carbocycles. The van der Waals surface area contributed by atoms with E-state index in [2.05, 4.69) is 4.98 Å². The summed E-state index contributed by atoms with van der Waals surface area (Å²) in [6.45, 7) is 2.47. The summed E-state index contributed by atoms with van der Waals surface area (Å²) in [5.41, 5.74) is 1.25. The molecule has 3 rings (SSSR count). The molecule has 27 heavy (non-hydrogen) atoms. The highest BCUT2D eigenvalue weighted by Crippen LogP contribution is 2.39. The maximum atomic E-state index is 12.7. The van der Waals surface area contributed by atoms with E-state index in [0.29, 0.717) is 23.4 Å². The Morgan fingerprint density at radius 2 is 1.96 bits per heavy atom. The molecule has 1 N–H and O–H groups in total. The first-order valence-corrected chi connectivity index (χ1v) is 8.91. The third kappa shape index (κ3) is 3.56. The zero-order valence-corrected chi connectivity index (χ0v) is 15.4. The van der Waals surface area contributed by atoms with Gasteiger partial charge in [0.2, 0.25) is 0 Å². The third-order valence-corrected chi connectivity index (χ3v) is 4.66. The van der Waals surface area contributed by atoms with E-state index in [0.717, 1.165) is 12.8 Å². The molecular weight excluding hydrogens is 344 g/mol. The lowest BCUT2D eigenvalue weighted by Crippen LogP contribution is -2.30. The molecule has 1 saturated heterocycles. The molecule has 140 valence electrons. The summed E-state index contributed by atoms with van der Waals surface area (Å²) in [4.78, 5) is 31.0. The number of hydrogen-bond donors (Lipinski definition) is 1. The molecule has 6 nitrogen and oxygen atoms in total. The van der Waals surface area contributed by atoms with Gasteiger partial charge in [0.25, 0.3) is 11.7 Å². The zero-order chi connectivity index (χ0) is 19.4. The fourth-order valence-electron chi connectivity index (χ4n) is 3.23. The molecule has 1 aromatic carbocycles. The van der Waals surface area contributed by atoms with Crippen molar-refractivity contribution in [3.05, 3.63) is 65.5 Å². The van der Waals surface area contributed by atoms with Crippen LogP contribution in [0, 0.1) is 0 Å². The summed E-state index contributed by atoms with van der Waals surface area (Å²) >= 11 is 0. The van der Waals surface area contributed by atoms with Crippen molar-refractivity contribution in [2.24, 2.45) is 0 Å². The van der Waals surface area contributed by atoms with Crippen LogP contribution in [0.1, 0.15) is 36.9 Å². The van der Waals surface area contributed by atoms with Crippen molar-refractivity contribution in [3.8, 4) is 5.75 Å². The molecule has 6 heteroatoms. The first kappa shape index (κ1) is 18.6. The number of ether oxygens (including phenoxy) is 1. The molecule has 0 spiro atoms. The van der Waals surface area contributed by atoms with E-state index in [4.69, 9.17) is 4.74 Å². The predicted octanol–water partition coefficient (Wildman–Crippen LogP) is 3.31. The SMILES string of the molecule is CCCCN1C(=O)C(=O)/C(=C(\O)c2ccc(OC)cc2)C1c1cccnc1. The van der Waals surface area contributed by atoms with Crippen LogP contribution in [0.3, 0.4) is 0 Å². The summed E-state index contributed by atoms with van der Waals surface area (Å²) in [5.74, 6) is -0.816. The van der Waals surface area contributed by atoms with Gasteiger partial charge in [0, 0.05) is 24.5 Å². The Morgan fingerprint density at radius 3 is 2.56 bits per heavy atom. The van der Waals surface area contributed by atoms with Gasteiger partial charge in [-0.25, -0.2) is 0 Å². The number of aromatic nitrogens is 1. The van der Waals surface area contributed by atoms with Crippen LogP contribution in [0.15, 0.2) is 54.4 Å². The van der Waals surface area contributed by atoms with Crippen molar-refractivity contribution in [2.75, 3.05) is 13.7 Å². The lowest BCUT2D eigenvalue weighted by Gasteiger charge is -2.24. The van der Waals surface area contributed by atoms with Gasteiger partial charge in [-0.15, -0.1) is 0 Å². The number of aliphatic hydroxyl groups excluding tert-OH is 1. The van der Waals surface area contributed by atoms with Gasteiger partial charge >= 0.3 is 0 Å². The van der Waals surface area contributed by atoms with Gasteiger partial charge in [-0.3, -0.25) is 14.6 Å². The Balaban J connectivity index is 2.11. The van der Waals surface area contributed by atoms with Gasteiger partial charge < -0.3 is 14.7 Å². The highest BCUT2D eigenvalue weighted by molar-refractivity contribution is 6.46. The Morgan fingerprint density at radius 1 is 1.22 bits per heavy atom. The summed E-state index contributed by atoms with van der Waals surface area (Å²) in [6, 6.07) is 9.63. The summed E-state index contributed by atoms with van der Waals surface area (Å²) in [6.07, 6.45) is 4.91. The molecule has 0 bridgehead atoms. The van der Waals surface area contributed by atoms with Crippen LogP contribution in [0.2, 0.25) is 0 Å². The number of benzene rings is 1. The van der Waals surface area contributed by atoms with Crippen LogP contribution in [-0.4, -0.2) is 40.3 Å². The fraction of sp³-hybridized carbons (Fsp3) is 0.286. The van der Waals surface area contributed by atoms with Crippen LogP contribution < -0.4 is 4.74 Å². The molecule has 1 aliphatic heterocycles. The number of hydrogen-bond acceptors (Lipinski definition) is 5. The topological polar surface area (TPSA) is 79.7 Å². The van der Waals surface area contributed by atoms with E-state index in [1.807, 2.05) is 13.0 Å². The predicted molar refractivity (Wildman–Crippen MR) is 101 cm³/mol. The summed E-state index contributed by atoms with van der Waals surface area (Å²) in [5, 5.41) is 10.9. The number of rotatable bonds is 6. The first-order chi connectivity index (χ1) is 13.1. The Labute approximate surface area is 158 Å². The second kappa shape index (κ2) is 8.03. The number of likely N-dealkylation sites (tertiary alicyclic amines) is 1. The number of unbranched alkanes of at least 4 members (excludes halogenated alkanes) is 1. The van der Waals surface area contributed by atoms with Crippen LogP contribution in [0.4, 0.5) is 0 Å². The standard InChI is InChI=1S/C21H22N2O4/c1-3-4-12-23-18(15-6-5-11-22-13-15)17(20(25)21(23)26)19(24)14-7-9-16(27-2)10-8-14/h5-11,13,18,24H,3-4,12H2,1-2H3/b19-17-. The van der Waals surface area contributed by atoms with Crippen molar-refractivity contribution < 1.29 is 19.4 Å². The van der Waals surface area contributed by atoms with Gasteiger partial charge in [-0.05, 0) is 42.3 Å². The van der Waals surface area contributed by atoms with Crippen LogP contribution in [0.25, 0.3) is 5.76 Å². The molecule has 1 amide bonds. The molecule has 1 atom stereocenters. The van der Waals surface area contributed by atoms with Crippen LogP contribution >= 0.6 is 0 Å². The van der Waals surface area contributed by atoms with Crippen molar-refractivity contribution in [3.63, 3.8) is 0 Å². The third-order valence-electron chi connectivity index (χ3n) is 4.66. The molecule has 1 aromatic heterocycles. The van der Waals surface area contributed by atoms with Crippen molar-refractivity contribution >= 4 is 17.4 Å². The second-order valence-electron chi connectivity index (χ2n) is 6.36. The lowest BCUT2D eigenvalue weighted by molar-refractivity contribution is -0.139. The Kier molecular flexibility index (Phi) is 5.54. The molecule has 0 radical (unpaired) electrons. The van der Waals surface area contributed by atoms with Gasteiger partial charge in [0.05, 0.1) is 18.7 Å². The van der Waals surface area contributed by atoms with E-state index in [9.17, 15) is 14.7 Å². The maximum absolute atomic E-state index is 12.7. The number of ketones is 1. The van der Waals surface area contributed by atoms with Gasteiger partial charge in [0.1, 0.15) is 11.5 Å². The maximum Gasteiger partial charge on any atom is 0.295 e. The molecular formula is C21H22N2O4. The molecule has 1 aliphatic rings. The Hall–Kier alpha value is -3.15. The van der Waals surface area contributed by atoms with Crippen molar-refractivity contribution in [1.82, 2.24) is 9.88 Å². The minimum absolute atomic E-state index is 0.0919. The first-order valence-electron chi connectivity index (χ1n) is 8.91. The highest BCUT2D eigenvalue weighted by atomic mass is 16.5. The average molecular weight is 366 g/mol. The van der Waals surface area contributed by atoms with Gasteiger partial charge in [-0.2, -0.15) is 0 Å². The largest absolute Gasteiger partial charge is 0.507 e. The number of nitrogens with zero attached hydrogens (tertiary/aromatic N) is 2. The molecule has 2 aromatic rings. The number of aliphatic hydroxyl groups is 1. The molecule has 2 heterocycles. The monoisotopic (exact) mass is 366 g/mol. The Bertz CT molecular complexity index is 860. The van der Waals surface area contributed by atoms with E-state index >= 15 is 0 Å². The van der Waals surface area contributed by atoms with E-state index < -0.39 is 17.7 Å². The quantitative estimate of drug-likeness (QED) is 0.482. The smallest absolute Gasteiger partial charge is 0.295 e. The molecule has 1 fully saturated rings. The molecule has 0 aliphatic carbocycles. The zero-order valence-electron chi connectivity index (χ0n) is 15.4. The highest BCUT2D eigenvalue weighted by Gasteiger charge is 2.45. The van der Waals surface area contributed by atoms with Crippen molar-refractivity contribution in [1.29, 1.82) is 0 Å². The number of methoxy groups -OCH3 is 1. The number of Topliss-reactive ketones (excluding diaryl/α,β-unsaturated/α-hetero) is 1. The van der Waals surface area contributed by atoms with E-state index in [1.54, 1.807) is 49.8 Å². The second-order valence-corrected chi connectivity index (χ2v) is 6.36. The average Bonchev–Trinajstić information content (AvgIpc) is 2.97. The minimum atomic E-state index is -0.673. The van der Waals surface area contributed by atoms with Crippen LogP contribution in [0.5, 0.6) is 5.75 Å². The van der Waals surface area contributed by atoms with Gasteiger partial charge in [-0.1, -0.05) is 19.4 Å². The molecule has 1 unspecified atom stereocenters.